The maximum Gasteiger partial charge on any atom is 0.169 e. The monoisotopic (exact) mass is 270 g/mol. The SMILES string of the molecule is COc1cc2cc(-c3cc[n+](C)cc3)oc2cc1OC. The van der Waals surface area contributed by atoms with Crippen molar-refractivity contribution in [3.8, 4) is 22.8 Å². The van der Waals surface area contributed by atoms with Crippen molar-refractivity contribution in [3.05, 3.63) is 42.7 Å². The molecule has 20 heavy (non-hydrogen) atoms. The largest absolute Gasteiger partial charge is 0.493 e. The second kappa shape index (κ2) is 4.89. The number of methoxy groups -OCH3 is 2. The Kier molecular flexibility index (Phi) is 3.06. The van der Waals surface area contributed by atoms with Crippen LogP contribution in [0.4, 0.5) is 0 Å². The Morgan fingerprint density at radius 3 is 2.25 bits per heavy atom. The van der Waals surface area contributed by atoms with Crippen LogP contribution in [0.15, 0.2) is 47.1 Å². The third-order valence-corrected chi connectivity index (χ3v) is 3.29. The fourth-order valence-corrected chi connectivity index (χ4v) is 2.17. The Morgan fingerprint density at radius 2 is 1.60 bits per heavy atom. The van der Waals surface area contributed by atoms with E-state index >= 15 is 0 Å². The lowest BCUT2D eigenvalue weighted by Crippen LogP contribution is -2.25. The minimum absolute atomic E-state index is 0.667. The molecule has 0 fully saturated rings. The van der Waals surface area contributed by atoms with E-state index in [1.54, 1.807) is 14.2 Å². The van der Waals surface area contributed by atoms with Gasteiger partial charge in [0.1, 0.15) is 18.4 Å². The van der Waals surface area contributed by atoms with E-state index < -0.39 is 0 Å². The van der Waals surface area contributed by atoms with E-state index in [0.717, 1.165) is 22.3 Å². The van der Waals surface area contributed by atoms with E-state index in [1.165, 1.54) is 0 Å². The summed E-state index contributed by atoms with van der Waals surface area (Å²) in [7, 11) is 5.23. The quantitative estimate of drug-likeness (QED) is 0.686. The summed E-state index contributed by atoms with van der Waals surface area (Å²) in [6, 6.07) is 9.82. The zero-order chi connectivity index (χ0) is 14.1. The predicted molar refractivity (Wildman–Crippen MR) is 75.9 cm³/mol. The molecule has 0 unspecified atom stereocenters. The van der Waals surface area contributed by atoms with Crippen molar-refractivity contribution in [1.82, 2.24) is 0 Å². The smallest absolute Gasteiger partial charge is 0.169 e. The number of benzene rings is 1. The van der Waals surface area contributed by atoms with Crippen LogP contribution in [0.2, 0.25) is 0 Å². The van der Waals surface area contributed by atoms with Gasteiger partial charge in [0.05, 0.1) is 14.2 Å². The number of hydrogen-bond acceptors (Lipinski definition) is 3. The Balaban J connectivity index is 2.12. The minimum Gasteiger partial charge on any atom is -0.493 e. The lowest BCUT2D eigenvalue weighted by atomic mass is 10.2. The van der Waals surface area contributed by atoms with E-state index in [9.17, 15) is 0 Å². The number of ether oxygens (including phenoxy) is 2. The van der Waals surface area contributed by atoms with Crippen molar-refractivity contribution in [2.45, 2.75) is 0 Å². The van der Waals surface area contributed by atoms with Crippen LogP contribution in [-0.2, 0) is 7.05 Å². The molecular weight excluding hydrogens is 254 g/mol. The fourth-order valence-electron chi connectivity index (χ4n) is 2.17. The van der Waals surface area contributed by atoms with Crippen molar-refractivity contribution >= 4 is 11.0 Å². The molecule has 0 bridgehead atoms. The molecule has 3 rings (SSSR count). The summed E-state index contributed by atoms with van der Waals surface area (Å²) in [6.07, 6.45) is 3.98. The Morgan fingerprint density at radius 1 is 0.950 bits per heavy atom. The standard InChI is InChI=1S/C16H16NO3/c1-17-6-4-11(5-7-17)13-8-12-9-15(18-2)16(19-3)10-14(12)20-13/h4-10H,1-3H3/q+1. The Bertz CT molecular complexity index is 703. The first-order chi connectivity index (χ1) is 9.71. The number of rotatable bonds is 3. The average molecular weight is 270 g/mol. The molecule has 0 spiro atoms. The van der Waals surface area contributed by atoms with Gasteiger partial charge >= 0.3 is 0 Å². The van der Waals surface area contributed by atoms with E-state index in [2.05, 4.69) is 0 Å². The van der Waals surface area contributed by atoms with Crippen LogP contribution in [-0.4, -0.2) is 14.2 Å². The van der Waals surface area contributed by atoms with Crippen LogP contribution in [0.25, 0.3) is 22.3 Å². The van der Waals surface area contributed by atoms with Gasteiger partial charge in [-0.15, -0.1) is 0 Å². The zero-order valence-electron chi connectivity index (χ0n) is 11.7. The van der Waals surface area contributed by atoms with Crippen molar-refractivity contribution < 1.29 is 18.5 Å². The highest BCUT2D eigenvalue weighted by molar-refractivity contribution is 5.85. The van der Waals surface area contributed by atoms with Gasteiger partial charge in [-0.3, -0.25) is 0 Å². The van der Waals surface area contributed by atoms with E-state index in [-0.39, 0.29) is 0 Å². The summed E-state index contributed by atoms with van der Waals surface area (Å²) < 4.78 is 18.5. The molecule has 4 heteroatoms. The van der Waals surface area contributed by atoms with Gasteiger partial charge in [0, 0.05) is 29.1 Å². The molecule has 0 saturated heterocycles. The van der Waals surface area contributed by atoms with Gasteiger partial charge in [0.2, 0.25) is 0 Å². The third-order valence-electron chi connectivity index (χ3n) is 3.29. The van der Waals surface area contributed by atoms with Crippen LogP contribution in [0, 0.1) is 0 Å². The van der Waals surface area contributed by atoms with E-state index in [4.69, 9.17) is 13.9 Å². The molecule has 2 aromatic heterocycles. The summed E-state index contributed by atoms with van der Waals surface area (Å²) in [5, 5.41) is 0.992. The molecule has 0 atom stereocenters. The van der Waals surface area contributed by atoms with Crippen LogP contribution in [0.3, 0.4) is 0 Å². The topological polar surface area (TPSA) is 35.5 Å². The fraction of sp³-hybridized carbons (Fsp3) is 0.188. The maximum atomic E-state index is 5.89. The first-order valence-electron chi connectivity index (χ1n) is 6.32. The normalized spacial score (nSPS) is 10.8. The molecule has 4 nitrogen and oxygen atoms in total. The molecule has 102 valence electrons. The van der Waals surface area contributed by atoms with Crippen molar-refractivity contribution in [1.29, 1.82) is 0 Å². The molecule has 0 amide bonds. The molecule has 0 N–H and O–H groups in total. The first kappa shape index (κ1) is 12.5. The van der Waals surface area contributed by atoms with Gasteiger partial charge in [0.15, 0.2) is 23.9 Å². The van der Waals surface area contributed by atoms with Crippen LogP contribution >= 0.6 is 0 Å². The third kappa shape index (κ3) is 2.09. The van der Waals surface area contributed by atoms with Crippen molar-refractivity contribution in [2.24, 2.45) is 7.05 Å². The molecule has 0 radical (unpaired) electrons. The number of aromatic nitrogens is 1. The average Bonchev–Trinajstić information content (AvgIpc) is 2.89. The maximum absolute atomic E-state index is 5.89. The summed E-state index contributed by atoms with van der Waals surface area (Å²) >= 11 is 0. The molecule has 0 aliphatic rings. The highest BCUT2D eigenvalue weighted by atomic mass is 16.5. The number of fused-ring (bicyclic) bond motifs is 1. The summed E-state index contributed by atoms with van der Waals surface area (Å²) in [5.74, 6) is 2.20. The highest BCUT2D eigenvalue weighted by Crippen LogP contribution is 2.35. The molecule has 0 aliphatic carbocycles. The van der Waals surface area contributed by atoms with Gasteiger partial charge < -0.3 is 13.9 Å². The van der Waals surface area contributed by atoms with Crippen LogP contribution in [0.5, 0.6) is 11.5 Å². The first-order valence-corrected chi connectivity index (χ1v) is 6.32. The molecule has 2 heterocycles. The van der Waals surface area contributed by atoms with Gasteiger partial charge in [-0.25, -0.2) is 4.57 Å². The van der Waals surface area contributed by atoms with Crippen molar-refractivity contribution in [2.75, 3.05) is 14.2 Å². The van der Waals surface area contributed by atoms with Gasteiger partial charge in [-0.05, 0) is 12.1 Å². The predicted octanol–water partition coefficient (Wildman–Crippen LogP) is 2.94. The number of aryl methyl sites for hydroxylation is 1. The van der Waals surface area contributed by atoms with Crippen LogP contribution in [0.1, 0.15) is 0 Å². The lowest BCUT2D eigenvalue weighted by molar-refractivity contribution is -0.671. The summed E-state index contributed by atoms with van der Waals surface area (Å²) in [4.78, 5) is 0. The van der Waals surface area contributed by atoms with Gasteiger partial charge in [-0.1, -0.05) is 0 Å². The zero-order valence-corrected chi connectivity index (χ0v) is 11.7. The molecular formula is C16H16NO3+. The number of hydrogen-bond donors (Lipinski definition) is 0. The Hall–Kier alpha value is -2.49. The van der Waals surface area contributed by atoms with Crippen LogP contribution < -0.4 is 14.0 Å². The molecule has 3 aromatic rings. The lowest BCUT2D eigenvalue weighted by Gasteiger charge is -2.06. The molecule has 0 aliphatic heterocycles. The number of nitrogens with zero attached hydrogens (tertiary/aromatic N) is 1. The second-order valence-corrected chi connectivity index (χ2v) is 4.61. The van der Waals surface area contributed by atoms with E-state index in [0.29, 0.717) is 11.5 Å². The summed E-state index contributed by atoms with van der Waals surface area (Å²) in [5.41, 5.74) is 1.82. The van der Waals surface area contributed by atoms with E-state index in [1.807, 2.05) is 54.3 Å². The molecule has 1 aromatic carbocycles. The number of furan rings is 1. The van der Waals surface area contributed by atoms with Gasteiger partial charge in [0.25, 0.3) is 0 Å². The number of pyridine rings is 1. The highest BCUT2D eigenvalue weighted by Gasteiger charge is 2.12. The van der Waals surface area contributed by atoms with Gasteiger partial charge in [-0.2, -0.15) is 0 Å². The summed E-state index contributed by atoms with van der Waals surface area (Å²) in [6.45, 7) is 0. The Labute approximate surface area is 117 Å². The van der Waals surface area contributed by atoms with Crippen molar-refractivity contribution in [3.63, 3.8) is 0 Å². The molecule has 0 saturated carbocycles. The second-order valence-electron chi connectivity index (χ2n) is 4.61. The minimum atomic E-state index is 0.667.